The number of aromatic nitrogens is 1. The van der Waals surface area contributed by atoms with Crippen molar-refractivity contribution in [1.29, 1.82) is 0 Å². The lowest BCUT2D eigenvalue weighted by Crippen LogP contribution is -2.34. The number of carbonyl (C=O) groups is 1. The average molecular weight is 359 g/mol. The molecule has 0 fully saturated rings. The molecule has 0 bridgehead atoms. The number of pyridine rings is 1. The summed E-state index contributed by atoms with van der Waals surface area (Å²) >= 11 is 0. The van der Waals surface area contributed by atoms with E-state index >= 15 is 0 Å². The van der Waals surface area contributed by atoms with Gasteiger partial charge in [-0.2, -0.15) is 0 Å². The zero-order chi connectivity index (χ0) is 19.1. The molecule has 0 unspecified atom stereocenters. The van der Waals surface area contributed by atoms with Crippen molar-refractivity contribution in [2.45, 2.75) is 32.9 Å². The van der Waals surface area contributed by atoms with Crippen molar-refractivity contribution in [3.63, 3.8) is 0 Å². The monoisotopic (exact) mass is 359 g/mol. The Kier molecular flexibility index (Phi) is 6.21. The fraction of sp³-hybridized carbons (Fsp3) is 0.217. The van der Waals surface area contributed by atoms with Crippen molar-refractivity contribution in [3.8, 4) is 0 Å². The van der Waals surface area contributed by atoms with Gasteiger partial charge >= 0.3 is 0 Å². The van der Waals surface area contributed by atoms with Crippen molar-refractivity contribution < 1.29 is 4.79 Å². The Balaban J connectivity index is 1.51. The number of hydrogen-bond donors (Lipinski definition) is 2. The molecule has 1 heterocycles. The van der Waals surface area contributed by atoms with Gasteiger partial charge in [0.1, 0.15) is 0 Å². The lowest BCUT2D eigenvalue weighted by molar-refractivity contribution is 0.0940. The molecule has 1 atom stereocenters. The van der Waals surface area contributed by atoms with Gasteiger partial charge in [0.15, 0.2) is 0 Å². The number of nitrogens with one attached hydrogen (secondary N) is 2. The van der Waals surface area contributed by atoms with Gasteiger partial charge in [-0.15, -0.1) is 0 Å². The molecule has 27 heavy (non-hydrogen) atoms. The molecular formula is C23H25N3O. The summed E-state index contributed by atoms with van der Waals surface area (Å²) in [5.74, 6) is -0.0540. The number of amides is 1. The summed E-state index contributed by atoms with van der Waals surface area (Å²) in [5.41, 5.74) is 5.31. The van der Waals surface area contributed by atoms with Gasteiger partial charge in [-0.25, -0.2) is 0 Å². The van der Waals surface area contributed by atoms with Crippen LogP contribution in [0, 0.1) is 6.92 Å². The first-order chi connectivity index (χ1) is 13.1. The van der Waals surface area contributed by atoms with Gasteiger partial charge in [-0.05, 0) is 67.8 Å². The summed E-state index contributed by atoms with van der Waals surface area (Å²) in [6, 6.07) is 20.0. The van der Waals surface area contributed by atoms with E-state index in [9.17, 15) is 4.79 Å². The van der Waals surface area contributed by atoms with E-state index in [1.807, 2.05) is 43.3 Å². The average Bonchev–Trinajstić information content (AvgIpc) is 2.68. The molecule has 2 N–H and O–H groups in total. The summed E-state index contributed by atoms with van der Waals surface area (Å²) in [6.45, 7) is 4.85. The van der Waals surface area contributed by atoms with E-state index < -0.39 is 0 Å². The maximum atomic E-state index is 12.4. The van der Waals surface area contributed by atoms with Crippen molar-refractivity contribution >= 4 is 11.6 Å². The van der Waals surface area contributed by atoms with Crippen LogP contribution in [0.15, 0.2) is 73.1 Å². The topological polar surface area (TPSA) is 54.0 Å². The summed E-state index contributed by atoms with van der Waals surface area (Å²) in [6.07, 6.45) is 4.32. The number of aryl methyl sites for hydroxylation is 1. The Morgan fingerprint density at radius 3 is 2.26 bits per heavy atom. The molecule has 0 spiro atoms. The summed E-state index contributed by atoms with van der Waals surface area (Å²) < 4.78 is 0. The zero-order valence-corrected chi connectivity index (χ0v) is 15.8. The van der Waals surface area contributed by atoms with Gasteiger partial charge < -0.3 is 10.6 Å². The highest BCUT2D eigenvalue weighted by molar-refractivity contribution is 5.94. The standard InChI is InChI=1S/C23H25N3O/c1-17-3-5-20(6-4-17)16-25-22-9-7-21(8-10-22)23(27)26-18(2)15-19-11-13-24-14-12-19/h3-14,18,25H,15-16H2,1-2H3,(H,26,27)/t18-/m1/s1. The highest BCUT2D eigenvalue weighted by Crippen LogP contribution is 2.12. The minimum atomic E-state index is -0.0540. The second kappa shape index (κ2) is 8.99. The van der Waals surface area contributed by atoms with E-state index in [2.05, 4.69) is 46.8 Å². The van der Waals surface area contributed by atoms with Crippen LogP contribution in [0.2, 0.25) is 0 Å². The molecule has 0 saturated carbocycles. The first kappa shape index (κ1) is 18.6. The van der Waals surface area contributed by atoms with Crippen LogP contribution >= 0.6 is 0 Å². The van der Waals surface area contributed by atoms with Gasteiger partial charge in [0.2, 0.25) is 0 Å². The molecule has 0 aliphatic heterocycles. The van der Waals surface area contributed by atoms with Gasteiger partial charge in [-0.1, -0.05) is 29.8 Å². The summed E-state index contributed by atoms with van der Waals surface area (Å²) in [7, 11) is 0. The first-order valence-electron chi connectivity index (χ1n) is 9.19. The van der Waals surface area contributed by atoms with Crippen molar-refractivity contribution in [3.05, 3.63) is 95.3 Å². The minimum Gasteiger partial charge on any atom is -0.381 e. The smallest absolute Gasteiger partial charge is 0.251 e. The Bertz CT molecular complexity index is 858. The molecule has 0 aliphatic carbocycles. The quantitative estimate of drug-likeness (QED) is 0.659. The molecule has 0 saturated heterocycles. The van der Waals surface area contributed by atoms with Crippen molar-refractivity contribution in [2.24, 2.45) is 0 Å². The van der Waals surface area contributed by atoms with Crippen molar-refractivity contribution in [2.75, 3.05) is 5.32 Å². The molecule has 138 valence electrons. The van der Waals surface area contributed by atoms with Crippen LogP contribution in [-0.4, -0.2) is 16.9 Å². The number of rotatable bonds is 7. The van der Waals surface area contributed by atoms with Crippen LogP contribution in [-0.2, 0) is 13.0 Å². The summed E-state index contributed by atoms with van der Waals surface area (Å²) in [4.78, 5) is 16.4. The highest BCUT2D eigenvalue weighted by Gasteiger charge is 2.10. The van der Waals surface area contributed by atoms with Gasteiger partial charge in [0.05, 0.1) is 0 Å². The van der Waals surface area contributed by atoms with Crippen LogP contribution in [0.4, 0.5) is 5.69 Å². The SMILES string of the molecule is Cc1ccc(CNc2ccc(C(=O)N[C@H](C)Cc3ccncc3)cc2)cc1. The molecule has 0 aliphatic rings. The predicted molar refractivity (Wildman–Crippen MR) is 110 cm³/mol. The van der Waals surface area contributed by atoms with E-state index in [-0.39, 0.29) is 11.9 Å². The second-order valence-corrected chi connectivity index (χ2v) is 6.85. The molecule has 4 heteroatoms. The number of carbonyl (C=O) groups excluding carboxylic acids is 1. The first-order valence-corrected chi connectivity index (χ1v) is 9.19. The van der Waals surface area contributed by atoms with Gasteiger partial charge in [0, 0.05) is 36.2 Å². The second-order valence-electron chi connectivity index (χ2n) is 6.85. The van der Waals surface area contributed by atoms with E-state index in [0.29, 0.717) is 5.56 Å². The third kappa shape index (κ3) is 5.68. The van der Waals surface area contributed by atoms with Crippen LogP contribution in [0.3, 0.4) is 0 Å². The van der Waals surface area contributed by atoms with Crippen LogP contribution in [0.5, 0.6) is 0 Å². The zero-order valence-electron chi connectivity index (χ0n) is 15.8. The minimum absolute atomic E-state index is 0.0540. The van der Waals surface area contributed by atoms with Crippen LogP contribution < -0.4 is 10.6 Å². The number of hydrogen-bond acceptors (Lipinski definition) is 3. The van der Waals surface area contributed by atoms with E-state index in [1.54, 1.807) is 12.4 Å². The fourth-order valence-corrected chi connectivity index (χ4v) is 2.88. The largest absolute Gasteiger partial charge is 0.381 e. The molecule has 1 aromatic heterocycles. The maximum absolute atomic E-state index is 12.4. The maximum Gasteiger partial charge on any atom is 0.251 e. The lowest BCUT2D eigenvalue weighted by Gasteiger charge is -2.14. The fourth-order valence-electron chi connectivity index (χ4n) is 2.88. The van der Waals surface area contributed by atoms with Gasteiger partial charge in [0.25, 0.3) is 5.91 Å². The molecule has 4 nitrogen and oxygen atoms in total. The number of benzene rings is 2. The van der Waals surface area contributed by atoms with Crippen molar-refractivity contribution in [1.82, 2.24) is 10.3 Å². The number of nitrogens with zero attached hydrogens (tertiary/aromatic N) is 1. The molecule has 3 aromatic rings. The summed E-state index contributed by atoms with van der Waals surface area (Å²) in [5, 5.41) is 6.43. The van der Waals surface area contributed by atoms with Gasteiger partial charge in [-0.3, -0.25) is 9.78 Å². The molecule has 2 aromatic carbocycles. The Labute approximate surface area is 160 Å². The molecule has 3 rings (SSSR count). The third-order valence-electron chi connectivity index (χ3n) is 4.43. The van der Waals surface area contributed by atoms with E-state index in [1.165, 1.54) is 11.1 Å². The van der Waals surface area contributed by atoms with E-state index in [4.69, 9.17) is 0 Å². The van der Waals surface area contributed by atoms with Crippen LogP contribution in [0.25, 0.3) is 0 Å². The Hall–Kier alpha value is -3.14. The van der Waals surface area contributed by atoms with Crippen LogP contribution in [0.1, 0.15) is 34.0 Å². The molecular weight excluding hydrogens is 334 g/mol. The van der Waals surface area contributed by atoms with E-state index in [0.717, 1.165) is 24.2 Å². The Morgan fingerprint density at radius 2 is 1.59 bits per heavy atom. The predicted octanol–water partition coefficient (Wildman–Crippen LogP) is 4.36. The molecule has 0 radical (unpaired) electrons. The highest BCUT2D eigenvalue weighted by atomic mass is 16.1. The normalized spacial score (nSPS) is 11.6. The Morgan fingerprint density at radius 1 is 0.926 bits per heavy atom. The molecule has 1 amide bonds. The number of anilines is 1. The third-order valence-corrected chi connectivity index (χ3v) is 4.43. The lowest BCUT2D eigenvalue weighted by atomic mass is 10.1.